The van der Waals surface area contributed by atoms with Crippen LogP contribution in [0.3, 0.4) is 0 Å². The van der Waals surface area contributed by atoms with Crippen molar-refractivity contribution in [3.8, 4) is 5.75 Å². The molecule has 0 fully saturated rings. The molecule has 0 spiro atoms. The van der Waals surface area contributed by atoms with E-state index in [1.807, 2.05) is 29.6 Å². The maximum atomic E-state index is 10.6. The first-order chi connectivity index (χ1) is 9.70. The lowest BCUT2D eigenvalue weighted by molar-refractivity contribution is 0.222. The van der Waals surface area contributed by atoms with Crippen molar-refractivity contribution < 1.29 is 9.84 Å². The minimum atomic E-state index is -0.694. The van der Waals surface area contributed by atoms with Gasteiger partial charge in [0.15, 0.2) is 0 Å². The Morgan fingerprint density at radius 2 is 2.05 bits per heavy atom. The third-order valence-electron chi connectivity index (χ3n) is 3.30. The Kier molecular flexibility index (Phi) is 3.66. The van der Waals surface area contributed by atoms with Gasteiger partial charge in [0.1, 0.15) is 11.9 Å². The second-order valence-corrected chi connectivity index (χ2v) is 5.81. The van der Waals surface area contributed by atoms with Crippen molar-refractivity contribution in [1.82, 2.24) is 0 Å². The zero-order chi connectivity index (χ0) is 14.1. The van der Waals surface area contributed by atoms with Crippen molar-refractivity contribution in [2.24, 2.45) is 0 Å². The number of aliphatic hydroxyl groups excluding tert-OH is 1. The highest BCUT2D eigenvalue weighted by molar-refractivity contribution is 7.17. The fourth-order valence-corrected chi connectivity index (χ4v) is 3.47. The van der Waals surface area contributed by atoms with Gasteiger partial charge in [-0.3, -0.25) is 0 Å². The molecule has 20 heavy (non-hydrogen) atoms. The first-order valence-corrected chi connectivity index (χ1v) is 7.44. The van der Waals surface area contributed by atoms with Crippen molar-refractivity contribution in [2.75, 3.05) is 7.11 Å². The van der Waals surface area contributed by atoms with Gasteiger partial charge in [0.25, 0.3) is 0 Å². The van der Waals surface area contributed by atoms with Crippen LogP contribution in [0.15, 0.2) is 47.8 Å². The van der Waals surface area contributed by atoms with Crippen molar-refractivity contribution in [3.05, 3.63) is 64.0 Å². The molecule has 4 heteroatoms. The predicted octanol–water partition coefficient (Wildman–Crippen LogP) is 4.65. The number of methoxy groups -OCH3 is 1. The van der Waals surface area contributed by atoms with Crippen molar-refractivity contribution in [2.45, 2.75) is 6.10 Å². The number of rotatable bonds is 3. The van der Waals surface area contributed by atoms with Gasteiger partial charge < -0.3 is 9.84 Å². The molecule has 1 N–H and O–H groups in total. The maximum absolute atomic E-state index is 10.6. The van der Waals surface area contributed by atoms with Gasteiger partial charge in [0.05, 0.1) is 12.1 Å². The fourth-order valence-electron chi connectivity index (χ4n) is 2.26. The molecule has 2 aromatic carbocycles. The van der Waals surface area contributed by atoms with Gasteiger partial charge in [-0.15, -0.1) is 11.3 Å². The van der Waals surface area contributed by atoms with E-state index in [1.165, 1.54) is 0 Å². The molecule has 102 valence electrons. The highest BCUT2D eigenvalue weighted by atomic mass is 35.5. The van der Waals surface area contributed by atoms with E-state index in [9.17, 15) is 5.11 Å². The molecule has 3 aromatic rings. The zero-order valence-electron chi connectivity index (χ0n) is 10.8. The Morgan fingerprint density at radius 1 is 1.20 bits per heavy atom. The van der Waals surface area contributed by atoms with Gasteiger partial charge in [-0.25, -0.2) is 0 Å². The van der Waals surface area contributed by atoms with Crippen molar-refractivity contribution >= 4 is 33.0 Å². The van der Waals surface area contributed by atoms with E-state index in [1.54, 1.807) is 30.6 Å². The van der Waals surface area contributed by atoms with Crippen LogP contribution in [-0.4, -0.2) is 12.2 Å². The minimum absolute atomic E-state index is 0.502. The average molecular weight is 305 g/mol. The van der Waals surface area contributed by atoms with E-state index in [0.717, 1.165) is 21.2 Å². The molecule has 2 nitrogen and oxygen atoms in total. The number of thiophene rings is 1. The number of benzene rings is 2. The van der Waals surface area contributed by atoms with E-state index >= 15 is 0 Å². The summed E-state index contributed by atoms with van der Waals surface area (Å²) in [4.78, 5) is 0. The zero-order valence-corrected chi connectivity index (χ0v) is 12.4. The normalized spacial score (nSPS) is 12.6. The van der Waals surface area contributed by atoms with Gasteiger partial charge in [0, 0.05) is 10.3 Å². The van der Waals surface area contributed by atoms with Gasteiger partial charge in [0.2, 0.25) is 0 Å². The number of hydrogen-bond donors (Lipinski definition) is 1. The molecule has 0 amide bonds. The highest BCUT2D eigenvalue weighted by Crippen LogP contribution is 2.34. The summed E-state index contributed by atoms with van der Waals surface area (Å²) in [5, 5.41) is 14.3. The lowest BCUT2D eigenvalue weighted by atomic mass is 10.0. The SMILES string of the molecule is COc1ccc(C(O)c2cccc3ccsc23)cc1Cl. The van der Waals surface area contributed by atoms with E-state index in [4.69, 9.17) is 16.3 Å². The standard InChI is InChI=1S/C16H13ClO2S/c1-19-14-6-5-11(9-13(14)17)15(18)12-4-2-3-10-7-8-20-16(10)12/h2-9,15,18H,1H3. The summed E-state index contributed by atoms with van der Waals surface area (Å²) in [6.07, 6.45) is -0.694. The number of ether oxygens (including phenoxy) is 1. The molecule has 0 radical (unpaired) electrons. The van der Waals surface area contributed by atoms with Gasteiger partial charge in [-0.1, -0.05) is 35.9 Å². The summed E-state index contributed by atoms with van der Waals surface area (Å²) in [6.45, 7) is 0. The third kappa shape index (κ3) is 2.29. The first-order valence-electron chi connectivity index (χ1n) is 6.18. The van der Waals surface area contributed by atoms with Crippen LogP contribution in [0.5, 0.6) is 5.75 Å². The number of halogens is 1. The first kappa shape index (κ1) is 13.4. The summed E-state index contributed by atoms with van der Waals surface area (Å²) >= 11 is 7.76. The van der Waals surface area contributed by atoms with Crippen LogP contribution in [0.4, 0.5) is 0 Å². The minimum Gasteiger partial charge on any atom is -0.495 e. The smallest absolute Gasteiger partial charge is 0.137 e. The van der Waals surface area contributed by atoms with Crippen LogP contribution >= 0.6 is 22.9 Å². The number of fused-ring (bicyclic) bond motifs is 1. The quantitative estimate of drug-likeness (QED) is 0.763. The van der Waals surface area contributed by atoms with E-state index < -0.39 is 6.10 Å². The molecule has 1 heterocycles. The molecule has 0 bridgehead atoms. The molecule has 1 unspecified atom stereocenters. The summed E-state index contributed by atoms with van der Waals surface area (Å²) in [6, 6.07) is 13.4. The Hall–Kier alpha value is -1.55. The van der Waals surface area contributed by atoms with Gasteiger partial charge in [-0.2, -0.15) is 0 Å². The highest BCUT2D eigenvalue weighted by Gasteiger charge is 2.15. The second-order valence-electron chi connectivity index (χ2n) is 4.48. The topological polar surface area (TPSA) is 29.5 Å². The molecule has 1 aromatic heterocycles. The molecule has 0 aliphatic heterocycles. The van der Waals surface area contributed by atoms with Crippen molar-refractivity contribution in [3.63, 3.8) is 0 Å². The summed E-state index contributed by atoms with van der Waals surface area (Å²) < 4.78 is 6.24. The molecular formula is C16H13ClO2S. The number of hydrogen-bond acceptors (Lipinski definition) is 3. The summed E-state index contributed by atoms with van der Waals surface area (Å²) in [7, 11) is 1.57. The summed E-state index contributed by atoms with van der Waals surface area (Å²) in [5.41, 5.74) is 1.66. The monoisotopic (exact) mass is 304 g/mol. The van der Waals surface area contributed by atoms with Crippen molar-refractivity contribution in [1.29, 1.82) is 0 Å². The summed E-state index contributed by atoms with van der Waals surface area (Å²) in [5.74, 6) is 0.608. The average Bonchev–Trinajstić information content (AvgIpc) is 2.94. The van der Waals surface area contributed by atoms with Crippen LogP contribution in [0.25, 0.3) is 10.1 Å². The predicted molar refractivity (Wildman–Crippen MR) is 83.9 cm³/mol. The number of aliphatic hydroxyl groups is 1. The Morgan fingerprint density at radius 3 is 2.80 bits per heavy atom. The van der Waals surface area contributed by atoms with E-state index in [0.29, 0.717) is 10.8 Å². The lowest BCUT2D eigenvalue weighted by Crippen LogP contribution is -2.00. The van der Waals surface area contributed by atoms with Crippen LogP contribution in [0.1, 0.15) is 17.2 Å². The molecule has 1 atom stereocenters. The van der Waals surface area contributed by atoms with Gasteiger partial charge >= 0.3 is 0 Å². The molecule has 0 aliphatic carbocycles. The third-order valence-corrected chi connectivity index (χ3v) is 4.57. The largest absolute Gasteiger partial charge is 0.495 e. The van der Waals surface area contributed by atoms with Crippen LogP contribution in [0, 0.1) is 0 Å². The molecule has 0 aliphatic rings. The lowest BCUT2D eigenvalue weighted by Gasteiger charge is -2.14. The Bertz CT molecular complexity index is 751. The fraction of sp³-hybridized carbons (Fsp3) is 0.125. The maximum Gasteiger partial charge on any atom is 0.137 e. The van der Waals surface area contributed by atoms with Crippen LogP contribution in [-0.2, 0) is 0 Å². The van der Waals surface area contributed by atoms with E-state index in [-0.39, 0.29) is 0 Å². The Labute approximate surface area is 126 Å². The molecule has 0 saturated heterocycles. The van der Waals surface area contributed by atoms with Crippen LogP contribution in [0.2, 0.25) is 5.02 Å². The molecular weight excluding hydrogens is 292 g/mol. The Balaban J connectivity index is 2.06. The van der Waals surface area contributed by atoms with E-state index in [2.05, 4.69) is 6.07 Å². The van der Waals surface area contributed by atoms with Gasteiger partial charge in [-0.05, 0) is 34.5 Å². The molecule has 0 saturated carbocycles. The second kappa shape index (κ2) is 5.44. The molecule has 3 rings (SSSR count). The van der Waals surface area contributed by atoms with Crippen LogP contribution < -0.4 is 4.74 Å².